The highest BCUT2D eigenvalue weighted by atomic mass is 32.2. The Kier molecular flexibility index (Phi) is 6.68. The van der Waals surface area contributed by atoms with E-state index in [1.165, 1.54) is 29.6 Å². The maximum Gasteiger partial charge on any atom is 0.411 e. The van der Waals surface area contributed by atoms with Crippen molar-refractivity contribution >= 4 is 33.4 Å². The maximum absolute atomic E-state index is 13.9. The Hall–Kier alpha value is -2.98. The van der Waals surface area contributed by atoms with Gasteiger partial charge in [0.15, 0.2) is 0 Å². The zero-order chi connectivity index (χ0) is 21.7. The molecule has 0 spiro atoms. The topological polar surface area (TPSA) is 105 Å². The van der Waals surface area contributed by atoms with Crippen molar-refractivity contribution in [2.75, 3.05) is 30.8 Å². The lowest BCUT2D eigenvalue weighted by atomic mass is 9.97. The number of anilines is 2. The first-order chi connectivity index (χ1) is 14.3. The molecule has 2 aromatic rings. The molecule has 1 aliphatic heterocycles. The van der Waals surface area contributed by atoms with Crippen LogP contribution in [-0.2, 0) is 19.6 Å². The van der Waals surface area contributed by atoms with Crippen LogP contribution in [0.2, 0.25) is 0 Å². The summed E-state index contributed by atoms with van der Waals surface area (Å²) >= 11 is 0. The second kappa shape index (κ2) is 9.23. The molecule has 0 atom stereocenters. The number of benzene rings is 2. The number of piperidine rings is 1. The van der Waals surface area contributed by atoms with Gasteiger partial charge in [-0.05, 0) is 49.2 Å². The fourth-order valence-corrected chi connectivity index (χ4v) is 4.74. The SMILES string of the molecule is COC(=O)Nc1ccc(NC(=O)C2CCN(S(=O)(=O)c3ccccc3F)CC2)cc1. The molecule has 0 aromatic heterocycles. The number of carbonyl (C=O) groups excluding carboxylic acids is 2. The quantitative estimate of drug-likeness (QED) is 0.751. The molecular formula is C20H22FN3O5S. The fourth-order valence-electron chi connectivity index (χ4n) is 3.20. The molecule has 0 radical (unpaired) electrons. The summed E-state index contributed by atoms with van der Waals surface area (Å²) in [5.74, 6) is -1.36. The van der Waals surface area contributed by atoms with Crippen molar-refractivity contribution in [3.05, 3.63) is 54.3 Å². The standard InChI is InChI=1S/C20H22FN3O5S/c1-29-20(26)23-16-8-6-15(7-9-16)22-19(25)14-10-12-24(13-11-14)30(27,28)18-5-3-2-4-17(18)21/h2-9,14H,10-13H2,1H3,(H,22,25)(H,23,26). The molecule has 30 heavy (non-hydrogen) atoms. The Morgan fingerprint density at radius 2 is 1.57 bits per heavy atom. The fraction of sp³-hybridized carbons (Fsp3) is 0.300. The third-order valence-corrected chi connectivity index (χ3v) is 6.80. The summed E-state index contributed by atoms with van der Waals surface area (Å²) in [6.07, 6.45) is 0.0760. The molecule has 3 rings (SSSR count). The largest absolute Gasteiger partial charge is 0.453 e. The highest BCUT2D eigenvalue weighted by Crippen LogP contribution is 2.26. The lowest BCUT2D eigenvalue weighted by Crippen LogP contribution is -2.41. The van der Waals surface area contributed by atoms with Gasteiger partial charge in [-0.3, -0.25) is 10.1 Å². The van der Waals surface area contributed by atoms with Gasteiger partial charge in [0.2, 0.25) is 15.9 Å². The summed E-state index contributed by atoms with van der Waals surface area (Å²) in [6, 6.07) is 11.8. The van der Waals surface area contributed by atoms with Crippen LogP contribution in [0.15, 0.2) is 53.4 Å². The number of hydrogen-bond acceptors (Lipinski definition) is 5. The Bertz CT molecular complexity index is 1020. The van der Waals surface area contributed by atoms with Crippen molar-refractivity contribution in [3.8, 4) is 0 Å². The lowest BCUT2D eigenvalue weighted by Gasteiger charge is -2.30. The van der Waals surface area contributed by atoms with E-state index in [4.69, 9.17) is 0 Å². The van der Waals surface area contributed by atoms with E-state index in [0.29, 0.717) is 24.2 Å². The number of rotatable bonds is 5. The van der Waals surface area contributed by atoms with Gasteiger partial charge in [-0.25, -0.2) is 17.6 Å². The van der Waals surface area contributed by atoms with Crippen LogP contribution in [0.3, 0.4) is 0 Å². The minimum absolute atomic E-state index is 0.136. The molecule has 1 saturated heterocycles. The molecule has 1 fully saturated rings. The Morgan fingerprint density at radius 1 is 1.00 bits per heavy atom. The van der Waals surface area contributed by atoms with Crippen molar-refractivity contribution in [2.24, 2.45) is 5.92 Å². The van der Waals surface area contributed by atoms with E-state index in [-0.39, 0.29) is 29.8 Å². The first-order valence-electron chi connectivity index (χ1n) is 9.32. The van der Waals surface area contributed by atoms with Crippen molar-refractivity contribution < 1.29 is 27.1 Å². The summed E-state index contributed by atoms with van der Waals surface area (Å²) in [5, 5.41) is 5.30. The van der Waals surface area contributed by atoms with E-state index in [9.17, 15) is 22.4 Å². The molecule has 2 N–H and O–H groups in total. The first-order valence-corrected chi connectivity index (χ1v) is 10.8. The van der Waals surface area contributed by atoms with Gasteiger partial charge in [0.1, 0.15) is 10.7 Å². The van der Waals surface area contributed by atoms with Crippen molar-refractivity contribution in [3.63, 3.8) is 0 Å². The van der Waals surface area contributed by atoms with Gasteiger partial charge < -0.3 is 10.1 Å². The molecule has 0 aliphatic carbocycles. The van der Waals surface area contributed by atoms with Gasteiger partial charge in [-0.2, -0.15) is 4.31 Å². The van der Waals surface area contributed by atoms with Crippen molar-refractivity contribution in [1.82, 2.24) is 4.31 Å². The third-order valence-electron chi connectivity index (χ3n) is 4.86. The summed E-state index contributed by atoms with van der Waals surface area (Å²) in [6.45, 7) is 0.271. The number of sulfonamides is 1. The van der Waals surface area contributed by atoms with Crippen LogP contribution in [0.1, 0.15) is 12.8 Å². The number of ether oxygens (including phenoxy) is 1. The van der Waals surface area contributed by atoms with Gasteiger partial charge in [0, 0.05) is 30.4 Å². The number of carbonyl (C=O) groups is 2. The third kappa shape index (κ3) is 4.95. The van der Waals surface area contributed by atoms with Crippen LogP contribution in [-0.4, -0.2) is 44.9 Å². The zero-order valence-electron chi connectivity index (χ0n) is 16.3. The van der Waals surface area contributed by atoms with E-state index in [0.717, 1.165) is 6.07 Å². The van der Waals surface area contributed by atoms with Crippen LogP contribution in [0.25, 0.3) is 0 Å². The monoisotopic (exact) mass is 435 g/mol. The van der Waals surface area contributed by atoms with E-state index in [1.54, 1.807) is 24.3 Å². The predicted octanol–water partition coefficient (Wildman–Crippen LogP) is 3.04. The molecule has 8 nitrogen and oxygen atoms in total. The zero-order valence-corrected chi connectivity index (χ0v) is 17.1. The normalized spacial score (nSPS) is 15.4. The maximum atomic E-state index is 13.9. The van der Waals surface area contributed by atoms with E-state index in [2.05, 4.69) is 15.4 Å². The van der Waals surface area contributed by atoms with Gasteiger partial charge in [0.05, 0.1) is 7.11 Å². The molecule has 2 amide bonds. The van der Waals surface area contributed by atoms with Crippen LogP contribution in [0.5, 0.6) is 0 Å². The van der Waals surface area contributed by atoms with Crippen LogP contribution >= 0.6 is 0 Å². The van der Waals surface area contributed by atoms with Crippen LogP contribution < -0.4 is 10.6 Å². The van der Waals surface area contributed by atoms with Gasteiger partial charge in [-0.1, -0.05) is 12.1 Å². The molecule has 160 valence electrons. The summed E-state index contributed by atoms with van der Waals surface area (Å²) in [4.78, 5) is 23.4. The summed E-state index contributed by atoms with van der Waals surface area (Å²) in [5.41, 5.74) is 1.07. The molecule has 0 saturated carbocycles. The van der Waals surface area contributed by atoms with Crippen molar-refractivity contribution in [1.29, 1.82) is 0 Å². The molecule has 0 bridgehead atoms. The van der Waals surface area contributed by atoms with Crippen molar-refractivity contribution in [2.45, 2.75) is 17.7 Å². The number of halogens is 1. The average molecular weight is 435 g/mol. The second-order valence-electron chi connectivity index (χ2n) is 6.79. The Morgan fingerprint density at radius 3 is 2.13 bits per heavy atom. The number of amides is 2. The molecule has 0 unspecified atom stereocenters. The number of methoxy groups -OCH3 is 1. The van der Waals surface area contributed by atoms with Crippen LogP contribution in [0.4, 0.5) is 20.6 Å². The van der Waals surface area contributed by atoms with Gasteiger partial charge >= 0.3 is 6.09 Å². The Balaban J connectivity index is 1.56. The molecule has 1 aliphatic rings. The molecule has 2 aromatic carbocycles. The minimum Gasteiger partial charge on any atom is -0.453 e. The smallest absolute Gasteiger partial charge is 0.411 e. The Labute approximate surface area is 174 Å². The lowest BCUT2D eigenvalue weighted by molar-refractivity contribution is -0.120. The minimum atomic E-state index is -3.94. The highest BCUT2D eigenvalue weighted by Gasteiger charge is 2.33. The predicted molar refractivity (Wildman–Crippen MR) is 109 cm³/mol. The first kappa shape index (κ1) is 21.7. The molecule has 10 heteroatoms. The van der Waals surface area contributed by atoms with E-state index < -0.39 is 21.9 Å². The van der Waals surface area contributed by atoms with Crippen LogP contribution in [0, 0.1) is 11.7 Å². The molecular weight excluding hydrogens is 413 g/mol. The number of nitrogens with zero attached hydrogens (tertiary/aromatic N) is 1. The number of nitrogens with one attached hydrogen (secondary N) is 2. The van der Waals surface area contributed by atoms with Gasteiger partial charge in [-0.15, -0.1) is 0 Å². The average Bonchev–Trinajstić information content (AvgIpc) is 2.75. The second-order valence-corrected chi connectivity index (χ2v) is 8.70. The number of hydrogen-bond donors (Lipinski definition) is 2. The van der Waals surface area contributed by atoms with Gasteiger partial charge in [0.25, 0.3) is 0 Å². The van der Waals surface area contributed by atoms with E-state index >= 15 is 0 Å². The van der Waals surface area contributed by atoms with E-state index in [1.807, 2.05) is 0 Å². The molecule has 1 heterocycles. The summed E-state index contributed by atoms with van der Waals surface area (Å²) in [7, 11) is -2.68. The highest BCUT2D eigenvalue weighted by molar-refractivity contribution is 7.89. The summed E-state index contributed by atoms with van der Waals surface area (Å²) < 4.78 is 44.9.